The van der Waals surface area contributed by atoms with Gasteiger partial charge < -0.3 is 15.0 Å². The average Bonchev–Trinajstić information content (AvgIpc) is 2.99. The van der Waals surface area contributed by atoms with Crippen molar-refractivity contribution in [2.45, 2.75) is 38.3 Å². The van der Waals surface area contributed by atoms with E-state index in [1.165, 1.54) is 13.2 Å². The fourth-order valence-electron chi connectivity index (χ4n) is 2.97. The van der Waals surface area contributed by atoms with E-state index in [-0.39, 0.29) is 24.2 Å². The Bertz CT molecular complexity index is 588. The fourth-order valence-corrected chi connectivity index (χ4v) is 2.97. The highest BCUT2D eigenvalue weighted by atomic mass is 19.1. The van der Waals surface area contributed by atoms with Crippen LogP contribution in [0.5, 0.6) is 5.75 Å². The molecule has 0 heterocycles. The Labute approximate surface area is 141 Å². The van der Waals surface area contributed by atoms with E-state index in [1.807, 2.05) is 7.05 Å². The molecule has 132 valence electrons. The van der Waals surface area contributed by atoms with Gasteiger partial charge in [0, 0.05) is 11.6 Å². The number of imide groups is 1. The Morgan fingerprint density at radius 1 is 1.33 bits per heavy atom. The molecular weight excluding hydrogens is 313 g/mol. The van der Waals surface area contributed by atoms with Gasteiger partial charge in [0.25, 0.3) is 5.91 Å². The number of amides is 3. The van der Waals surface area contributed by atoms with Gasteiger partial charge >= 0.3 is 6.03 Å². The third-order valence-electron chi connectivity index (χ3n) is 4.13. The molecule has 7 heteroatoms. The summed E-state index contributed by atoms with van der Waals surface area (Å²) in [6.45, 7) is 0.602. The second-order valence-corrected chi connectivity index (χ2v) is 6.28. The molecule has 6 nitrogen and oxygen atoms in total. The Hall–Kier alpha value is -2.15. The Morgan fingerprint density at radius 2 is 2.04 bits per heavy atom. The van der Waals surface area contributed by atoms with E-state index in [0.717, 1.165) is 36.1 Å². The van der Waals surface area contributed by atoms with Crippen molar-refractivity contribution in [3.05, 3.63) is 29.6 Å². The van der Waals surface area contributed by atoms with Crippen molar-refractivity contribution in [2.75, 3.05) is 20.7 Å². The molecule has 0 bridgehead atoms. The van der Waals surface area contributed by atoms with Crippen LogP contribution in [0.4, 0.5) is 9.18 Å². The predicted molar refractivity (Wildman–Crippen MR) is 87.3 cm³/mol. The van der Waals surface area contributed by atoms with Gasteiger partial charge in [-0.1, -0.05) is 12.8 Å². The summed E-state index contributed by atoms with van der Waals surface area (Å²) in [4.78, 5) is 24.5. The van der Waals surface area contributed by atoms with Crippen LogP contribution in [0.3, 0.4) is 0 Å². The van der Waals surface area contributed by atoms with E-state index < -0.39 is 11.8 Å². The summed E-state index contributed by atoms with van der Waals surface area (Å²) in [5.41, 5.74) is 0.758. The monoisotopic (exact) mass is 338 g/mol. The van der Waals surface area contributed by atoms with Gasteiger partial charge in [0.05, 0.1) is 14.2 Å². The normalized spacial score (nSPS) is 15.8. The van der Waals surface area contributed by atoms with Gasteiger partial charge in [0.15, 0.2) is 18.1 Å². The van der Waals surface area contributed by atoms with Gasteiger partial charge in [0.2, 0.25) is 0 Å². The summed E-state index contributed by atoms with van der Waals surface area (Å²) >= 11 is 0. The molecule has 1 saturated carbocycles. The number of carbonyl (C=O) groups excluding carboxylic acids is 2. The van der Waals surface area contributed by atoms with Crippen molar-refractivity contribution in [1.29, 1.82) is 0 Å². The molecule has 1 aromatic rings. The van der Waals surface area contributed by atoms with Gasteiger partial charge in [0.1, 0.15) is 6.54 Å². The van der Waals surface area contributed by atoms with Gasteiger partial charge in [-0.25, -0.2) is 9.18 Å². The molecule has 1 aliphatic rings. The van der Waals surface area contributed by atoms with Crippen molar-refractivity contribution in [2.24, 2.45) is 0 Å². The largest absolute Gasteiger partial charge is 0.494 e. The van der Waals surface area contributed by atoms with Crippen molar-refractivity contribution in [1.82, 2.24) is 10.6 Å². The number of benzene rings is 1. The molecule has 24 heavy (non-hydrogen) atoms. The van der Waals surface area contributed by atoms with Crippen LogP contribution in [-0.4, -0.2) is 38.7 Å². The summed E-state index contributed by atoms with van der Waals surface area (Å²) in [5.74, 6) is -0.585. The average molecular weight is 338 g/mol. The second-order valence-electron chi connectivity index (χ2n) is 6.28. The molecule has 0 aromatic heterocycles. The maximum absolute atomic E-state index is 13.7. The Morgan fingerprint density at radius 3 is 2.67 bits per heavy atom. The lowest BCUT2D eigenvalue weighted by Crippen LogP contribution is -3.09. The van der Waals surface area contributed by atoms with Crippen LogP contribution in [0, 0.1) is 5.82 Å². The third kappa shape index (κ3) is 5.49. The first-order chi connectivity index (χ1) is 11.5. The maximum Gasteiger partial charge on any atom is 0.321 e. The van der Waals surface area contributed by atoms with Crippen molar-refractivity contribution in [3.63, 3.8) is 0 Å². The van der Waals surface area contributed by atoms with Gasteiger partial charge in [-0.15, -0.1) is 0 Å². The highest BCUT2D eigenvalue weighted by Crippen LogP contribution is 2.17. The van der Waals surface area contributed by atoms with Crippen LogP contribution in [0.15, 0.2) is 18.2 Å². The van der Waals surface area contributed by atoms with Gasteiger partial charge in [-0.3, -0.25) is 10.1 Å². The highest BCUT2D eigenvalue weighted by Gasteiger charge is 2.19. The van der Waals surface area contributed by atoms with Crippen LogP contribution in [0.25, 0.3) is 0 Å². The van der Waals surface area contributed by atoms with E-state index in [1.54, 1.807) is 12.1 Å². The summed E-state index contributed by atoms with van der Waals surface area (Å²) in [6, 6.07) is 4.45. The Balaban J connectivity index is 1.76. The van der Waals surface area contributed by atoms with Gasteiger partial charge in [-0.05, 0) is 31.0 Å². The SMILES string of the molecule is COc1ccc(C[NH+](C)CC(=O)NC(=O)NC2CCCC2)cc1F. The molecular formula is C17H25FN3O3+. The van der Waals surface area contributed by atoms with Crippen LogP contribution < -0.4 is 20.3 Å². The number of hydrogen-bond acceptors (Lipinski definition) is 3. The van der Waals surface area contributed by atoms with E-state index >= 15 is 0 Å². The zero-order valence-electron chi connectivity index (χ0n) is 14.2. The number of quaternary nitrogens is 1. The minimum Gasteiger partial charge on any atom is -0.494 e. The first-order valence-corrected chi connectivity index (χ1v) is 8.22. The van der Waals surface area contributed by atoms with Crippen molar-refractivity contribution < 1.29 is 23.6 Å². The zero-order chi connectivity index (χ0) is 17.5. The number of ether oxygens (including phenoxy) is 1. The van der Waals surface area contributed by atoms with Gasteiger partial charge in [-0.2, -0.15) is 0 Å². The van der Waals surface area contributed by atoms with Crippen molar-refractivity contribution in [3.8, 4) is 5.75 Å². The molecule has 2 rings (SSSR count). The second kappa shape index (κ2) is 8.63. The third-order valence-corrected chi connectivity index (χ3v) is 4.13. The minimum atomic E-state index is -0.435. The number of likely N-dealkylation sites (N-methyl/N-ethyl adjacent to an activating group) is 1. The lowest BCUT2D eigenvalue weighted by atomic mass is 10.2. The summed E-state index contributed by atoms with van der Waals surface area (Å²) in [6.07, 6.45) is 4.17. The van der Waals surface area contributed by atoms with E-state index in [9.17, 15) is 14.0 Å². The molecule has 0 spiro atoms. The summed E-state index contributed by atoms with van der Waals surface area (Å²) in [7, 11) is 3.23. The first kappa shape index (κ1) is 18.2. The molecule has 3 amide bonds. The smallest absolute Gasteiger partial charge is 0.321 e. The van der Waals surface area contributed by atoms with E-state index in [4.69, 9.17) is 4.74 Å². The molecule has 3 N–H and O–H groups in total. The molecule has 1 atom stereocenters. The topological polar surface area (TPSA) is 71.9 Å². The predicted octanol–water partition coefficient (Wildman–Crippen LogP) is 0.617. The van der Waals surface area contributed by atoms with Crippen molar-refractivity contribution >= 4 is 11.9 Å². The molecule has 1 fully saturated rings. The lowest BCUT2D eigenvalue weighted by molar-refractivity contribution is -0.885. The highest BCUT2D eigenvalue weighted by molar-refractivity contribution is 5.94. The molecule has 0 aliphatic heterocycles. The van der Waals surface area contributed by atoms with E-state index in [2.05, 4.69) is 10.6 Å². The van der Waals surface area contributed by atoms with Crippen LogP contribution >= 0.6 is 0 Å². The fraction of sp³-hybridized carbons (Fsp3) is 0.529. The standard InChI is InChI=1S/C17H24FN3O3/c1-21(10-12-7-8-15(24-2)14(18)9-12)11-16(22)20-17(23)19-13-5-3-4-6-13/h7-9,13H,3-6,10-11H2,1-2H3,(H2,19,20,22,23)/p+1. The number of halogens is 1. The van der Waals surface area contributed by atoms with E-state index in [0.29, 0.717) is 6.54 Å². The molecule has 1 unspecified atom stereocenters. The number of carbonyl (C=O) groups is 2. The molecule has 1 aromatic carbocycles. The number of methoxy groups -OCH3 is 1. The zero-order valence-corrected chi connectivity index (χ0v) is 14.2. The van der Waals surface area contributed by atoms with Crippen LogP contribution in [0.1, 0.15) is 31.2 Å². The quantitative estimate of drug-likeness (QED) is 0.712. The first-order valence-electron chi connectivity index (χ1n) is 8.22. The maximum atomic E-state index is 13.7. The number of nitrogens with one attached hydrogen (secondary N) is 3. The molecule has 0 saturated heterocycles. The summed E-state index contributed by atoms with van der Waals surface area (Å²) in [5, 5.41) is 5.16. The minimum absolute atomic E-state index is 0.131. The van der Waals surface area contributed by atoms with Crippen LogP contribution in [0.2, 0.25) is 0 Å². The summed E-state index contributed by atoms with van der Waals surface area (Å²) < 4.78 is 18.5. The molecule has 1 aliphatic carbocycles. The lowest BCUT2D eigenvalue weighted by Gasteiger charge is -2.15. The number of hydrogen-bond donors (Lipinski definition) is 3. The molecule has 0 radical (unpaired) electrons. The van der Waals surface area contributed by atoms with Crippen LogP contribution in [-0.2, 0) is 11.3 Å². The Kier molecular flexibility index (Phi) is 6.54. The number of rotatable bonds is 6. The number of urea groups is 1.